The molecule has 25 heavy (non-hydrogen) atoms. The number of hydrogen-bond donors (Lipinski definition) is 2. The minimum absolute atomic E-state index is 0. The molecule has 3 rings (SSSR count). The van der Waals surface area contributed by atoms with Gasteiger partial charge in [0, 0.05) is 22.3 Å². The molecule has 0 spiro atoms. The molecule has 2 N–H and O–H groups in total. The van der Waals surface area contributed by atoms with Crippen molar-refractivity contribution in [2.75, 3.05) is 18.1 Å². The lowest BCUT2D eigenvalue weighted by Gasteiger charge is -2.19. The van der Waals surface area contributed by atoms with Gasteiger partial charge in [-0.15, -0.1) is 35.3 Å². The fraction of sp³-hybridized carbons (Fsp3) is 0.706. The van der Waals surface area contributed by atoms with Gasteiger partial charge in [-0.1, -0.05) is 12.8 Å². The topological polar surface area (TPSA) is 70.6 Å². The molecule has 8 heteroatoms. The molecule has 1 unspecified atom stereocenters. The molecular weight excluding hydrogens is 469 g/mol. The van der Waals surface area contributed by atoms with Crippen LogP contribution in [0.1, 0.15) is 41.9 Å². The molecule has 142 valence electrons. The summed E-state index contributed by atoms with van der Waals surface area (Å²) in [5, 5.41) is 6.91. The molecule has 5 nitrogen and oxygen atoms in total. The molecule has 0 aromatic carbocycles. The van der Waals surface area contributed by atoms with E-state index in [1.54, 1.807) is 11.3 Å². The van der Waals surface area contributed by atoms with Crippen LogP contribution in [0.15, 0.2) is 17.1 Å². The Morgan fingerprint density at radius 3 is 2.64 bits per heavy atom. The van der Waals surface area contributed by atoms with Gasteiger partial charge in [0.05, 0.1) is 18.1 Å². The maximum atomic E-state index is 11.6. The summed E-state index contributed by atoms with van der Waals surface area (Å²) in [5.74, 6) is 1.67. The molecule has 1 aliphatic carbocycles. The second kappa shape index (κ2) is 9.55. The van der Waals surface area contributed by atoms with E-state index in [0.717, 1.165) is 12.4 Å². The zero-order chi connectivity index (χ0) is 17.0. The van der Waals surface area contributed by atoms with Crippen LogP contribution >= 0.6 is 35.3 Å². The van der Waals surface area contributed by atoms with Crippen molar-refractivity contribution in [3.05, 3.63) is 21.9 Å². The van der Waals surface area contributed by atoms with Crippen molar-refractivity contribution in [3.8, 4) is 0 Å². The maximum absolute atomic E-state index is 11.6. The lowest BCUT2D eigenvalue weighted by molar-refractivity contribution is 0.553. The van der Waals surface area contributed by atoms with Crippen LogP contribution in [0.3, 0.4) is 0 Å². The van der Waals surface area contributed by atoms with Crippen LogP contribution in [-0.4, -0.2) is 38.5 Å². The van der Waals surface area contributed by atoms with Crippen molar-refractivity contribution in [2.45, 2.75) is 51.6 Å². The average Bonchev–Trinajstić information content (AvgIpc) is 3.24. The summed E-state index contributed by atoms with van der Waals surface area (Å²) >= 11 is 1.77. The first kappa shape index (κ1) is 21.0. The lowest BCUT2D eigenvalue weighted by atomic mass is 10.1. The predicted molar refractivity (Wildman–Crippen MR) is 116 cm³/mol. The number of halogens is 1. The SMILES string of the molecule is Cc1ccc(CN=C(NCC2CCS(=O)(=O)C2)NC2CCCC2)s1.I. The van der Waals surface area contributed by atoms with Gasteiger partial charge in [-0.2, -0.15) is 0 Å². The van der Waals surface area contributed by atoms with Crippen molar-refractivity contribution >= 4 is 51.1 Å². The van der Waals surface area contributed by atoms with Crippen LogP contribution in [0.2, 0.25) is 0 Å². The Bertz CT molecular complexity index is 682. The van der Waals surface area contributed by atoms with E-state index in [4.69, 9.17) is 4.99 Å². The summed E-state index contributed by atoms with van der Waals surface area (Å²) in [6.07, 6.45) is 5.69. The third-order valence-electron chi connectivity index (χ3n) is 4.77. The van der Waals surface area contributed by atoms with Crippen molar-refractivity contribution in [3.63, 3.8) is 0 Å². The molecule has 1 aromatic rings. The molecule has 2 heterocycles. The van der Waals surface area contributed by atoms with Gasteiger partial charge < -0.3 is 10.6 Å². The lowest BCUT2D eigenvalue weighted by Crippen LogP contribution is -2.44. The van der Waals surface area contributed by atoms with E-state index in [1.807, 2.05) is 0 Å². The Labute approximate surface area is 172 Å². The zero-order valence-electron chi connectivity index (χ0n) is 14.7. The quantitative estimate of drug-likeness (QED) is 0.373. The Kier molecular flexibility index (Phi) is 8.00. The fourth-order valence-electron chi connectivity index (χ4n) is 3.42. The Hall–Kier alpha value is -0.350. The highest BCUT2D eigenvalue weighted by Gasteiger charge is 2.28. The van der Waals surface area contributed by atoms with Gasteiger partial charge in [0.2, 0.25) is 0 Å². The van der Waals surface area contributed by atoms with Crippen LogP contribution in [0.5, 0.6) is 0 Å². The Morgan fingerprint density at radius 1 is 1.28 bits per heavy atom. The van der Waals surface area contributed by atoms with E-state index in [9.17, 15) is 8.42 Å². The van der Waals surface area contributed by atoms with Crippen LogP contribution < -0.4 is 10.6 Å². The van der Waals surface area contributed by atoms with E-state index >= 15 is 0 Å². The summed E-state index contributed by atoms with van der Waals surface area (Å²) < 4.78 is 23.2. The Morgan fingerprint density at radius 2 is 2.04 bits per heavy atom. The van der Waals surface area contributed by atoms with Crippen molar-refractivity contribution in [1.29, 1.82) is 0 Å². The van der Waals surface area contributed by atoms with Gasteiger partial charge in [-0.05, 0) is 44.2 Å². The van der Waals surface area contributed by atoms with Gasteiger partial charge >= 0.3 is 0 Å². The summed E-state index contributed by atoms with van der Waals surface area (Å²) in [6, 6.07) is 4.74. The highest BCUT2D eigenvalue weighted by molar-refractivity contribution is 14.0. The van der Waals surface area contributed by atoms with Crippen LogP contribution in [0.25, 0.3) is 0 Å². The number of hydrogen-bond acceptors (Lipinski definition) is 4. The number of nitrogens with one attached hydrogen (secondary N) is 2. The number of guanidine groups is 1. The molecule has 0 bridgehead atoms. The van der Waals surface area contributed by atoms with E-state index in [0.29, 0.717) is 30.6 Å². The van der Waals surface area contributed by atoms with E-state index in [-0.39, 0.29) is 29.9 Å². The summed E-state index contributed by atoms with van der Waals surface area (Å²) in [7, 11) is -2.82. The second-order valence-electron chi connectivity index (χ2n) is 6.95. The monoisotopic (exact) mass is 497 g/mol. The molecule has 2 fully saturated rings. The number of aliphatic imine (C=N–C) groups is 1. The highest BCUT2D eigenvalue weighted by Crippen LogP contribution is 2.19. The standard InChI is InChI=1S/C17H27N3O2S2.HI/c1-13-6-7-16(23-13)11-19-17(20-15-4-2-3-5-15)18-10-14-8-9-24(21,22)12-14;/h6-7,14-15H,2-5,8-12H2,1H3,(H2,18,19,20);1H. The zero-order valence-corrected chi connectivity index (χ0v) is 18.6. The molecule has 0 radical (unpaired) electrons. The third kappa shape index (κ3) is 6.71. The third-order valence-corrected chi connectivity index (χ3v) is 7.59. The molecular formula is C17H28IN3O2S2. The van der Waals surface area contributed by atoms with Gasteiger partial charge in [0.1, 0.15) is 0 Å². The van der Waals surface area contributed by atoms with Gasteiger partial charge in [0.15, 0.2) is 15.8 Å². The molecule has 1 saturated carbocycles. The second-order valence-corrected chi connectivity index (χ2v) is 10.6. The fourth-order valence-corrected chi connectivity index (χ4v) is 6.09. The van der Waals surface area contributed by atoms with Crippen LogP contribution in [0.4, 0.5) is 0 Å². The molecule has 0 amide bonds. The van der Waals surface area contributed by atoms with E-state index in [2.05, 4.69) is 29.7 Å². The smallest absolute Gasteiger partial charge is 0.191 e. The first-order valence-electron chi connectivity index (χ1n) is 8.81. The van der Waals surface area contributed by atoms with E-state index in [1.165, 1.54) is 35.4 Å². The number of thiophene rings is 1. The van der Waals surface area contributed by atoms with Gasteiger partial charge in [0.25, 0.3) is 0 Å². The van der Waals surface area contributed by atoms with Gasteiger partial charge in [-0.3, -0.25) is 0 Å². The van der Waals surface area contributed by atoms with Crippen LogP contribution in [-0.2, 0) is 16.4 Å². The minimum atomic E-state index is -2.82. The first-order chi connectivity index (χ1) is 11.5. The predicted octanol–water partition coefficient (Wildman–Crippen LogP) is 3.09. The highest BCUT2D eigenvalue weighted by atomic mass is 127. The summed E-state index contributed by atoms with van der Waals surface area (Å²) in [6.45, 7) is 3.46. The first-order valence-corrected chi connectivity index (χ1v) is 11.4. The van der Waals surface area contributed by atoms with E-state index < -0.39 is 9.84 Å². The Balaban J connectivity index is 0.00000225. The number of rotatable bonds is 5. The molecule has 1 atom stereocenters. The summed E-state index contributed by atoms with van der Waals surface area (Å²) in [4.78, 5) is 7.28. The largest absolute Gasteiger partial charge is 0.356 e. The molecule has 1 saturated heterocycles. The normalized spacial score (nSPS) is 23.4. The number of aryl methyl sites for hydroxylation is 1. The number of nitrogens with zero attached hydrogens (tertiary/aromatic N) is 1. The number of sulfone groups is 1. The van der Waals surface area contributed by atoms with Crippen molar-refractivity contribution in [2.24, 2.45) is 10.9 Å². The van der Waals surface area contributed by atoms with Crippen molar-refractivity contribution in [1.82, 2.24) is 10.6 Å². The van der Waals surface area contributed by atoms with Crippen LogP contribution in [0, 0.1) is 12.8 Å². The maximum Gasteiger partial charge on any atom is 0.191 e. The summed E-state index contributed by atoms with van der Waals surface area (Å²) in [5.41, 5.74) is 0. The minimum Gasteiger partial charge on any atom is -0.356 e. The molecule has 1 aromatic heterocycles. The molecule has 1 aliphatic heterocycles. The average molecular weight is 497 g/mol. The molecule has 2 aliphatic rings. The van der Waals surface area contributed by atoms with Crippen molar-refractivity contribution < 1.29 is 8.42 Å². The van der Waals surface area contributed by atoms with Gasteiger partial charge in [-0.25, -0.2) is 13.4 Å².